The Bertz CT molecular complexity index is 819. The molecule has 1 amide bonds. The maximum atomic E-state index is 12.1. The van der Waals surface area contributed by atoms with Gasteiger partial charge in [0.15, 0.2) is 0 Å². The molecule has 142 valence electrons. The number of hydrogen-bond donors (Lipinski definition) is 3. The number of hydrogen-bond acceptors (Lipinski definition) is 5. The van der Waals surface area contributed by atoms with Gasteiger partial charge in [-0.2, -0.15) is 0 Å². The summed E-state index contributed by atoms with van der Waals surface area (Å²) in [7, 11) is -3.63. The zero-order chi connectivity index (χ0) is 19.3. The molecule has 1 heterocycles. The first-order valence-electron chi connectivity index (χ1n) is 8.46. The number of carbonyl (C=O) groups is 2. The molecule has 1 aliphatic rings. The number of nitrogens with zero attached hydrogens (tertiary/aromatic N) is 1. The van der Waals surface area contributed by atoms with Crippen LogP contribution in [0, 0.1) is 0 Å². The summed E-state index contributed by atoms with van der Waals surface area (Å²) >= 11 is 0. The van der Waals surface area contributed by atoms with Crippen molar-refractivity contribution in [1.29, 1.82) is 0 Å². The molecule has 26 heavy (non-hydrogen) atoms. The van der Waals surface area contributed by atoms with Crippen LogP contribution in [0.5, 0.6) is 0 Å². The molecule has 2 rings (SSSR count). The van der Waals surface area contributed by atoms with E-state index in [2.05, 4.69) is 15.0 Å². The highest BCUT2D eigenvalue weighted by Crippen LogP contribution is 2.22. The van der Waals surface area contributed by atoms with Crippen LogP contribution in [0.3, 0.4) is 0 Å². The van der Waals surface area contributed by atoms with E-state index in [4.69, 9.17) is 5.11 Å². The Hall–Kier alpha value is -2.42. The third-order valence-electron chi connectivity index (χ3n) is 3.97. The minimum Gasteiger partial charge on any atom is -0.480 e. The van der Waals surface area contributed by atoms with Crippen molar-refractivity contribution in [3.63, 3.8) is 0 Å². The first-order chi connectivity index (χ1) is 12.2. The van der Waals surface area contributed by atoms with E-state index in [0.29, 0.717) is 18.4 Å². The molecule has 0 aliphatic carbocycles. The number of carboxylic acid groups (broad SMARTS) is 1. The van der Waals surface area contributed by atoms with E-state index in [-0.39, 0.29) is 17.2 Å². The lowest BCUT2D eigenvalue weighted by Gasteiger charge is -2.15. The molecule has 0 aromatic heterocycles. The number of rotatable bonds is 8. The van der Waals surface area contributed by atoms with Gasteiger partial charge < -0.3 is 10.4 Å². The number of unbranched alkanes of at least 4 members (excludes halogenated alkanes) is 1. The molecule has 0 fully saturated rings. The third kappa shape index (κ3) is 4.81. The predicted octanol–water partition coefficient (Wildman–Crippen LogP) is 1.26. The summed E-state index contributed by atoms with van der Waals surface area (Å²) in [5.41, 5.74) is 0.464. The summed E-state index contributed by atoms with van der Waals surface area (Å²) in [6.07, 6.45) is 1.87. The van der Waals surface area contributed by atoms with Gasteiger partial charge in [0, 0.05) is 12.0 Å². The van der Waals surface area contributed by atoms with Crippen molar-refractivity contribution < 1.29 is 23.1 Å². The summed E-state index contributed by atoms with van der Waals surface area (Å²) in [6.45, 7) is 3.61. The third-order valence-corrected chi connectivity index (χ3v) is 5.37. The minimum atomic E-state index is -3.63. The van der Waals surface area contributed by atoms with Gasteiger partial charge in [0.05, 0.1) is 10.9 Å². The fraction of sp³-hybridized carbons (Fsp3) is 0.471. The average Bonchev–Trinajstić information content (AvgIpc) is 2.82. The first kappa shape index (κ1) is 19.9. The quantitative estimate of drug-likeness (QED) is 0.625. The van der Waals surface area contributed by atoms with E-state index in [1.807, 2.05) is 6.92 Å². The molecule has 0 radical (unpaired) electrons. The van der Waals surface area contributed by atoms with Gasteiger partial charge >= 0.3 is 5.97 Å². The maximum Gasteiger partial charge on any atom is 0.326 e. The smallest absolute Gasteiger partial charge is 0.326 e. The van der Waals surface area contributed by atoms with Crippen molar-refractivity contribution in [2.45, 2.75) is 56.5 Å². The van der Waals surface area contributed by atoms with Crippen LogP contribution in [0.4, 0.5) is 0 Å². The molecule has 1 unspecified atom stereocenters. The molecule has 9 heteroatoms. The molecule has 2 atom stereocenters. The van der Waals surface area contributed by atoms with E-state index < -0.39 is 34.0 Å². The lowest BCUT2D eigenvalue weighted by molar-refractivity contribution is -0.142. The van der Waals surface area contributed by atoms with Gasteiger partial charge in [-0.3, -0.25) is 14.5 Å². The molecule has 1 aromatic rings. The lowest BCUT2D eigenvalue weighted by atomic mass is 10.1. The van der Waals surface area contributed by atoms with E-state index in [1.165, 1.54) is 6.07 Å². The number of carboxylic acids is 1. The largest absolute Gasteiger partial charge is 0.480 e. The van der Waals surface area contributed by atoms with Gasteiger partial charge in [-0.25, -0.2) is 13.2 Å². The van der Waals surface area contributed by atoms with E-state index in [0.717, 1.165) is 6.42 Å². The summed E-state index contributed by atoms with van der Waals surface area (Å²) in [6, 6.07) is 5.03. The van der Waals surface area contributed by atoms with Crippen LogP contribution in [0.1, 0.15) is 45.1 Å². The van der Waals surface area contributed by atoms with Crippen molar-refractivity contribution in [3.05, 3.63) is 29.8 Å². The lowest BCUT2D eigenvalue weighted by Crippen LogP contribution is -2.41. The Morgan fingerprint density at radius 3 is 2.65 bits per heavy atom. The van der Waals surface area contributed by atoms with Crippen molar-refractivity contribution in [2.75, 3.05) is 0 Å². The number of benzene rings is 1. The fourth-order valence-electron chi connectivity index (χ4n) is 2.68. The van der Waals surface area contributed by atoms with Gasteiger partial charge in [0.1, 0.15) is 11.9 Å². The van der Waals surface area contributed by atoms with E-state index in [9.17, 15) is 18.0 Å². The highest BCUT2D eigenvalue weighted by atomic mass is 32.2. The van der Waals surface area contributed by atoms with E-state index >= 15 is 0 Å². The normalized spacial score (nSPS) is 18.6. The molecular weight excluding hydrogens is 358 g/mol. The number of fused-ring (bicyclic) bond motifs is 1. The number of amides is 1. The van der Waals surface area contributed by atoms with Crippen molar-refractivity contribution in [2.24, 2.45) is 4.99 Å². The molecule has 0 saturated carbocycles. The number of carbonyl (C=O) groups excluding carboxylic acids is 1. The molecule has 0 saturated heterocycles. The topological polar surface area (TPSA) is 125 Å². The second-order valence-corrected chi connectivity index (χ2v) is 7.88. The van der Waals surface area contributed by atoms with Crippen LogP contribution in [0.15, 0.2) is 34.2 Å². The number of aliphatic carboxylic acids is 1. The summed E-state index contributed by atoms with van der Waals surface area (Å²) in [5, 5.41) is 11.7. The Morgan fingerprint density at radius 2 is 2.00 bits per heavy atom. The second-order valence-electron chi connectivity index (χ2n) is 6.23. The van der Waals surface area contributed by atoms with Crippen LogP contribution >= 0.6 is 0 Å². The van der Waals surface area contributed by atoms with Gasteiger partial charge in [-0.15, -0.1) is 0 Å². The number of nitrogens with one attached hydrogen (secondary N) is 2. The maximum absolute atomic E-state index is 12.1. The van der Waals surface area contributed by atoms with Gasteiger partial charge in [-0.1, -0.05) is 31.9 Å². The van der Waals surface area contributed by atoms with Crippen LogP contribution in [0.2, 0.25) is 0 Å². The average molecular weight is 381 g/mol. The second kappa shape index (κ2) is 8.31. The van der Waals surface area contributed by atoms with Crippen LogP contribution < -0.4 is 10.0 Å². The minimum absolute atomic E-state index is 0.0384. The molecule has 8 nitrogen and oxygen atoms in total. The first-order valence-corrected chi connectivity index (χ1v) is 9.95. The SMILES string of the molecule is CCCC[C@H](NC(=O)CC(C)N=C1NS(=O)(=O)c2ccccc21)C(=O)O. The summed E-state index contributed by atoms with van der Waals surface area (Å²) in [5.74, 6) is -1.30. The fourth-order valence-corrected chi connectivity index (χ4v) is 3.92. The monoisotopic (exact) mass is 381 g/mol. The van der Waals surface area contributed by atoms with Gasteiger partial charge in [-0.05, 0) is 25.5 Å². The summed E-state index contributed by atoms with van der Waals surface area (Å²) in [4.78, 5) is 27.7. The Balaban J connectivity index is 2.04. The van der Waals surface area contributed by atoms with Gasteiger partial charge in [0.25, 0.3) is 10.0 Å². The molecule has 1 aliphatic heterocycles. The van der Waals surface area contributed by atoms with Crippen molar-refractivity contribution >= 4 is 27.7 Å². The number of aliphatic imine (C=N–C) groups is 1. The van der Waals surface area contributed by atoms with E-state index in [1.54, 1.807) is 25.1 Å². The summed E-state index contributed by atoms with van der Waals surface area (Å²) < 4.78 is 26.5. The van der Waals surface area contributed by atoms with Crippen LogP contribution in [-0.2, 0) is 19.6 Å². The Kier molecular flexibility index (Phi) is 6.36. The standard InChI is InChI=1S/C17H23N3O5S/c1-3-4-8-13(17(22)23)19-15(21)10-11(2)18-16-12-7-5-6-9-14(12)26(24,25)20-16/h5-7,9,11,13H,3-4,8,10H2,1-2H3,(H,18,20)(H,19,21)(H,22,23)/t11?,13-/m0/s1. The zero-order valence-corrected chi connectivity index (χ0v) is 15.5. The molecule has 1 aromatic carbocycles. The Morgan fingerprint density at radius 1 is 1.31 bits per heavy atom. The van der Waals surface area contributed by atoms with Crippen LogP contribution in [0.25, 0.3) is 0 Å². The van der Waals surface area contributed by atoms with Crippen molar-refractivity contribution in [3.8, 4) is 0 Å². The molecule has 0 bridgehead atoms. The van der Waals surface area contributed by atoms with Crippen molar-refractivity contribution in [1.82, 2.24) is 10.0 Å². The highest BCUT2D eigenvalue weighted by molar-refractivity contribution is 7.90. The highest BCUT2D eigenvalue weighted by Gasteiger charge is 2.30. The molecular formula is C17H23N3O5S. The predicted molar refractivity (Wildman–Crippen MR) is 96.5 cm³/mol. The van der Waals surface area contributed by atoms with Crippen LogP contribution in [-0.4, -0.2) is 43.3 Å². The Labute approximate surface area is 152 Å². The number of sulfonamides is 1. The van der Waals surface area contributed by atoms with Gasteiger partial charge in [0.2, 0.25) is 5.91 Å². The molecule has 0 spiro atoms. The number of amidine groups is 1. The molecule has 3 N–H and O–H groups in total. The zero-order valence-electron chi connectivity index (χ0n) is 14.7.